The normalized spacial score (nSPS) is 18.9. The highest BCUT2D eigenvalue weighted by Crippen LogP contribution is 2.38. The minimum atomic E-state index is -3.91. The Hall–Kier alpha value is -4.17. The summed E-state index contributed by atoms with van der Waals surface area (Å²) < 4.78 is 62.3. The van der Waals surface area contributed by atoms with E-state index in [9.17, 15) is 27.1 Å². The number of halogens is 2. The third-order valence-corrected chi connectivity index (χ3v) is 10.3. The van der Waals surface area contributed by atoms with Gasteiger partial charge in [-0.15, -0.1) is 5.10 Å². The maximum absolute atomic E-state index is 14.0. The molecule has 0 saturated carbocycles. The van der Waals surface area contributed by atoms with E-state index in [4.69, 9.17) is 4.74 Å². The zero-order valence-corrected chi connectivity index (χ0v) is 25.0. The fraction of sp³-hybridized carbons (Fsp3) is 0.400. The van der Waals surface area contributed by atoms with Gasteiger partial charge in [-0.3, -0.25) is 4.79 Å². The average molecular weight is 627 g/mol. The van der Waals surface area contributed by atoms with Crippen molar-refractivity contribution in [2.75, 3.05) is 18.0 Å². The lowest BCUT2D eigenvalue weighted by Gasteiger charge is -2.36. The molecule has 2 aliphatic rings. The van der Waals surface area contributed by atoms with Gasteiger partial charge in [0.15, 0.2) is 5.75 Å². The van der Waals surface area contributed by atoms with Crippen LogP contribution in [0.25, 0.3) is 11.0 Å². The highest BCUT2D eigenvalue weighted by Gasteiger charge is 2.39. The summed E-state index contributed by atoms with van der Waals surface area (Å²) in [4.78, 5) is 18.8. The van der Waals surface area contributed by atoms with Crippen molar-refractivity contribution >= 4 is 32.8 Å². The maximum atomic E-state index is 14.0. The molecular formula is C30H32F2N6O5S. The standard InChI is InChI=1S/C30H32F2N6O5S/c1-18-8-9-19(23(15-27(39)40)20-13-24-28(36(2)35-34-24)25(14-20)43-30(31)32)12-21(18)16-37-17-22-6-3-4-11-38(22)29-26(44(37,41)42)7-5-10-33-29/h5,7-10,12-14,22-23,30H,3-4,6,11,15-17H2,1-2H3,(H,39,40)/t22-,23+/m1/s1. The minimum absolute atomic E-state index is 0.0233. The first-order valence-electron chi connectivity index (χ1n) is 14.3. The molecule has 232 valence electrons. The number of ether oxygens (including phenoxy) is 1. The maximum Gasteiger partial charge on any atom is 0.387 e. The van der Waals surface area contributed by atoms with E-state index in [1.54, 1.807) is 43.6 Å². The first-order chi connectivity index (χ1) is 21.0. The minimum Gasteiger partial charge on any atom is -0.481 e. The Morgan fingerprint density at radius 1 is 1.16 bits per heavy atom. The Morgan fingerprint density at radius 2 is 1.98 bits per heavy atom. The van der Waals surface area contributed by atoms with Crippen molar-refractivity contribution in [2.45, 2.75) is 62.6 Å². The van der Waals surface area contributed by atoms with Gasteiger partial charge in [-0.1, -0.05) is 23.4 Å². The summed E-state index contributed by atoms with van der Waals surface area (Å²) in [5.74, 6) is -1.54. The zero-order chi connectivity index (χ0) is 31.2. The first-order valence-corrected chi connectivity index (χ1v) is 15.8. The number of sulfonamides is 1. The van der Waals surface area contributed by atoms with Crippen LogP contribution in [0.15, 0.2) is 53.6 Å². The van der Waals surface area contributed by atoms with E-state index in [1.165, 1.54) is 15.1 Å². The van der Waals surface area contributed by atoms with Gasteiger partial charge in [-0.2, -0.15) is 13.1 Å². The predicted molar refractivity (Wildman–Crippen MR) is 157 cm³/mol. The molecule has 6 rings (SSSR count). The Labute approximate surface area is 253 Å². The number of aryl methyl sites for hydroxylation is 2. The smallest absolute Gasteiger partial charge is 0.387 e. The zero-order valence-electron chi connectivity index (χ0n) is 24.2. The topological polar surface area (TPSA) is 131 Å². The van der Waals surface area contributed by atoms with Crippen molar-refractivity contribution < 1.29 is 31.8 Å². The van der Waals surface area contributed by atoms with Crippen LogP contribution < -0.4 is 9.64 Å². The molecule has 2 aromatic heterocycles. The van der Waals surface area contributed by atoms with Crippen molar-refractivity contribution in [2.24, 2.45) is 7.05 Å². The van der Waals surface area contributed by atoms with Gasteiger partial charge >= 0.3 is 12.6 Å². The van der Waals surface area contributed by atoms with Crippen molar-refractivity contribution in [3.63, 3.8) is 0 Å². The van der Waals surface area contributed by atoms with E-state index in [1.807, 2.05) is 13.0 Å². The first kappa shape index (κ1) is 29.9. The fourth-order valence-electron chi connectivity index (χ4n) is 6.32. The molecule has 1 N–H and O–H groups in total. The molecule has 0 radical (unpaired) electrons. The Kier molecular flexibility index (Phi) is 7.97. The van der Waals surface area contributed by atoms with Crippen LogP contribution in [0.1, 0.15) is 53.9 Å². The number of fused-ring (bicyclic) bond motifs is 4. The molecule has 11 nitrogen and oxygen atoms in total. The fourth-order valence-corrected chi connectivity index (χ4v) is 7.93. The molecule has 2 atom stereocenters. The number of aromatic nitrogens is 4. The number of anilines is 1. The molecule has 0 amide bonds. The van der Waals surface area contributed by atoms with Gasteiger partial charge in [0.05, 0.1) is 6.42 Å². The van der Waals surface area contributed by atoms with Gasteiger partial charge in [0.1, 0.15) is 21.7 Å². The van der Waals surface area contributed by atoms with Crippen molar-refractivity contribution in [1.29, 1.82) is 0 Å². The van der Waals surface area contributed by atoms with E-state index >= 15 is 0 Å². The molecular weight excluding hydrogens is 594 g/mol. The molecule has 2 aliphatic heterocycles. The second-order valence-corrected chi connectivity index (χ2v) is 13.2. The van der Waals surface area contributed by atoms with Gasteiger partial charge in [-0.25, -0.2) is 18.1 Å². The third-order valence-electron chi connectivity index (χ3n) is 8.49. The van der Waals surface area contributed by atoms with E-state index < -0.39 is 28.5 Å². The van der Waals surface area contributed by atoms with Crippen LogP contribution in [0.4, 0.5) is 14.6 Å². The van der Waals surface area contributed by atoms with Crippen molar-refractivity contribution in [3.05, 3.63) is 70.9 Å². The molecule has 4 heterocycles. The molecule has 2 aromatic carbocycles. The molecule has 44 heavy (non-hydrogen) atoms. The number of hydrogen-bond acceptors (Lipinski definition) is 8. The largest absolute Gasteiger partial charge is 0.481 e. The molecule has 0 bridgehead atoms. The highest BCUT2D eigenvalue weighted by molar-refractivity contribution is 7.89. The number of rotatable bonds is 8. The number of nitrogens with zero attached hydrogens (tertiary/aromatic N) is 6. The summed E-state index contributed by atoms with van der Waals surface area (Å²) in [5.41, 5.74) is 3.08. The van der Waals surface area contributed by atoms with Crippen molar-refractivity contribution in [3.8, 4) is 5.75 Å². The number of pyridine rings is 1. The second-order valence-electron chi connectivity index (χ2n) is 11.3. The summed E-state index contributed by atoms with van der Waals surface area (Å²) >= 11 is 0. The van der Waals surface area contributed by atoms with E-state index in [-0.39, 0.29) is 40.7 Å². The Bertz CT molecular complexity index is 1830. The number of benzene rings is 2. The number of alkyl halides is 2. The molecule has 14 heteroatoms. The lowest BCUT2D eigenvalue weighted by Crippen LogP contribution is -2.45. The molecule has 1 fully saturated rings. The van der Waals surface area contributed by atoms with Gasteiger partial charge in [0.2, 0.25) is 10.0 Å². The molecule has 0 unspecified atom stereocenters. The van der Waals surface area contributed by atoms with Crippen LogP contribution in [-0.2, 0) is 28.4 Å². The summed E-state index contributed by atoms with van der Waals surface area (Å²) in [7, 11) is -2.36. The van der Waals surface area contributed by atoms with Crippen molar-refractivity contribution in [1.82, 2.24) is 24.3 Å². The Balaban J connectivity index is 1.40. The number of carboxylic acid groups (broad SMARTS) is 1. The molecule has 0 spiro atoms. The quantitative estimate of drug-likeness (QED) is 0.302. The lowest BCUT2D eigenvalue weighted by atomic mass is 9.86. The van der Waals surface area contributed by atoms with Gasteiger partial charge in [0.25, 0.3) is 0 Å². The molecule has 0 aliphatic carbocycles. The van der Waals surface area contributed by atoms with Crippen LogP contribution in [-0.4, -0.2) is 69.5 Å². The number of carbonyl (C=O) groups is 1. The summed E-state index contributed by atoms with van der Waals surface area (Å²) in [5, 5.41) is 17.8. The van der Waals surface area contributed by atoms with Gasteiger partial charge in [-0.05, 0) is 72.7 Å². The second kappa shape index (κ2) is 11.7. The lowest BCUT2D eigenvalue weighted by molar-refractivity contribution is -0.137. The summed E-state index contributed by atoms with van der Waals surface area (Å²) in [6.07, 6.45) is 4.07. The SMILES string of the molecule is Cc1ccc([C@H](CC(=O)O)c2cc(OC(F)F)c3c(c2)nnn3C)cc1CN1C[C@H]2CCCCN2c2ncccc2S1(=O)=O. The van der Waals surface area contributed by atoms with Gasteiger partial charge < -0.3 is 14.7 Å². The van der Waals surface area contributed by atoms with E-state index in [0.717, 1.165) is 31.4 Å². The van der Waals surface area contributed by atoms with Gasteiger partial charge in [0, 0.05) is 44.8 Å². The Morgan fingerprint density at radius 3 is 2.75 bits per heavy atom. The number of hydrogen-bond donors (Lipinski definition) is 1. The van der Waals surface area contributed by atoms with Crippen LogP contribution in [0, 0.1) is 6.92 Å². The monoisotopic (exact) mass is 626 g/mol. The van der Waals surface area contributed by atoms with Crippen LogP contribution in [0.5, 0.6) is 5.75 Å². The number of piperidine rings is 1. The third kappa shape index (κ3) is 5.59. The predicted octanol–water partition coefficient (Wildman–Crippen LogP) is 4.44. The van der Waals surface area contributed by atoms with E-state index in [2.05, 4.69) is 20.2 Å². The molecule has 1 saturated heterocycles. The van der Waals surface area contributed by atoms with Crippen LogP contribution in [0.3, 0.4) is 0 Å². The number of carboxylic acids is 1. The summed E-state index contributed by atoms with van der Waals surface area (Å²) in [6.45, 7) is -0.139. The average Bonchev–Trinajstić information content (AvgIpc) is 3.33. The van der Waals surface area contributed by atoms with E-state index in [0.29, 0.717) is 29.1 Å². The molecule has 4 aromatic rings. The number of aliphatic carboxylic acids is 1. The highest BCUT2D eigenvalue weighted by atomic mass is 32.2. The van der Waals surface area contributed by atoms with Crippen LogP contribution in [0.2, 0.25) is 0 Å². The summed E-state index contributed by atoms with van der Waals surface area (Å²) in [6, 6.07) is 11.6. The van der Waals surface area contributed by atoms with Crippen LogP contribution >= 0.6 is 0 Å².